The molecule has 1 atom stereocenters. The minimum absolute atomic E-state index is 0.0334. The second-order valence-electron chi connectivity index (χ2n) is 4.66. The fraction of sp³-hybridized carbons (Fsp3) is 0.357. The first-order chi connectivity index (χ1) is 8.61. The van der Waals surface area contributed by atoms with Crippen molar-refractivity contribution in [3.8, 4) is 0 Å². The largest absolute Gasteiger partial charge is 0.394 e. The number of rotatable bonds is 4. The third-order valence-electron chi connectivity index (χ3n) is 2.97. The molecule has 0 aliphatic carbocycles. The third kappa shape index (κ3) is 2.71. The highest BCUT2D eigenvalue weighted by molar-refractivity contribution is 7.20. The lowest BCUT2D eigenvalue weighted by molar-refractivity contribution is 0.0901. The molecule has 18 heavy (non-hydrogen) atoms. The van der Waals surface area contributed by atoms with Crippen LogP contribution in [0.5, 0.6) is 0 Å². The van der Waals surface area contributed by atoms with E-state index in [0.29, 0.717) is 4.88 Å². The van der Waals surface area contributed by atoms with Crippen LogP contribution in [0.25, 0.3) is 10.1 Å². The number of hydrogen-bond donors (Lipinski definition) is 2. The minimum Gasteiger partial charge on any atom is -0.394 e. The summed E-state index contributed by atoms with van der Waals surface area (Å²) >= 11 is 1.48. The van der Waals surface area contributed by atoms with E-state index in [1.807, 2.05) is 44.2 Å². The molecule has 2 N–H and O–H groups in total. The van der Waals surface area contributed by atoms with Gasteiger partial charge in [-0.3, -0.25) is 4.79 Å². The zero-order chi connectivity index (χ0) is 13.1. The lowest BCUT2D eigenvalue weighted by Crippen LogP contribution is -2.40. The molecule has 0 aliphatic heterocycles. The number of nitrogens with one attached hydrogen (secondary N) is 1. The highest BCUT2D eigenvalue weighted by Crippen LogP contribution is 2.25. The molecule has 0 aliphatic rings. The van der Waals surface area contributed by atoms with Crippen LogP contribution in [0.1, 0.15) is 23.5 Å². The van der Waals surface area contributed by atoms with Gasteiger partial charge in [0.2, 0.25) is 0 Å². The topological polar surface area (TPSA) is 49.3 Å². The monoisotopic (exact) mass is 263 g/mol. The number of benzene rings is 1. The van der Waals surface area contributed by atoms with E-state index in [4.69, 9.17) is 0 Å². The van der Waals surface area contributed by atoms with Gasteiger partial charge in [-0.15, -0.1) is 11.3 Å². The number of aliphatic hydroxyl groups excluding tert-OH is 1. The van der Waals surface area contributed by atoms with Gasteiger partial charge in [0.25, 0.3) is 5.91 Å². The average Bonchev–Trinajstić information content (AvgIpc) is 2.79. The molecule has 0 fully saturated rings. The standard InChI is InChI=1S/C14H17NO2S/c1-9(2)11(8-16)15-14(17)13-7-10-5-3-4-6-12(10)18-13/h3-7,9,11,16H,8H2,1-2H3,(H,15,17). The van der Waals surface area contributed by atoms with Gasteiger partial charge < -0.3 is 10.4 Å². The Balaban J connectivity index is 2.18. The molecule has 3 nitrogen and oxygen atoms in total. The predicted octanol–water partition coefficient (Wildman–Crippen LogP) is 2.65. The van der Waals surface area contributed by atoms with E-state index in [2.05, 4.69) is 5.32 Å². The fourth-order valence-corrected chi connectivity index (χ4v) is 2.72. The maximum Gasteiger partial charge on any atom is 0.261 e. The second kappa shape index (κ2) is 5.50. The Morgan fingerprint density at radius 3 is 2.72 bits per heavy atom. The molecule has 0 saturated carbocycles. The van der Waals surface area contributed by atoms with Gasteiger partial charge in [0.1, 0.15) is 0 Å². The highest BCUT2D eigenvalue weighted by Gasteiger charge is 2.17. The van der Waals surface area contributed by atoms with Crippen LogP contribution in [-0.4, -0.2) is 23.7 Å². The summed E-state index contributed by atoms with van der Waals surface area (Å²) in [6, 6.07) is 9.62. The van der Waals surface area contributed by atoms with E-state index < -0.39 is 0 Å². The van der Waals surface area contributed by atoms with Crippen molar-refractivity contribution in [3.05, 3.63) is 35.2 Å². The zero-order valence-corrected chi connectivity index (χ0v) is 11.3. The van der Waals surface area contributed by atoms with Crippen LogP contribution in [0.4, 0.5) is 0 Å². The fourth-order valence-electron chi connectivity index (χ4n) is 1.76. The van der Waals surface area contributed by atoms with E-state index in [1.54, 1.807) is 0 Å². The molecular formula is C14H17NO2S. The van der Waals surface area contributed by atoms with E-state index in [9.17, 15) is 9.90 Å². The molecule has 96 valence electrons. The first-order valence-electron chi connectivity index (χ1n) is 6.02. The molecule has 1 aromatic heterocycles. The quantitative estimate of drug-likeness (QED) is 0.891. The number of amides is 1. The van der Waals surface area contributed by atoms with Crippen LogP contribution in [0.3, 0.4) is 0 Å². The molecule has 4 heteroatoms. The van der Waals surface area contributed by atoms with Gasteiger partial charge in [0.15, 0.2) is 0 Å². The Kier molecular flexibility index (Phi) is 3.99. The van der Waals surface area contributed by atoms with Crippen LogP contribution in [0.15, 0.2) is 30.3 Å². The number of carbonyl (C=O) groups is 1. The van der Waals surface area contributed by atoms with Crippen molar-refractivity contribution in [1.29, 1.82) is 0 Å². The van der Waals surface area contributed by atoms with Gasteiger partial charge in [-0.05, 0) is 23.4 Å². The van der Waals surface area contributed by atoms with Crippen LogP contribution in [0, 0.1) is 5.92 Å². The number of thiophene rings is 1. The summed E-state index contributed by atoms with van der Waals surface area (Å²) in [6.07, 6.45) is 0. The Labute approximate surface area is 110 Å². The summed E-state index contributed by atoms with van der Waals surface area (Å²) in [5.74, 6) is 0.109. The van der Waals surface area contributed by atoms with E-state index in [1.165, 1.54) is 11.3 Å². The van der Waals surface area contributed by atoms with Gasteiger partial charge in [-0.1, -0.05) is 32.0 Å². The van der Waals surface area contributed by atoms with Gasteiger partial charge in [0, 0.05) is 4.70 Å². The third-order valence-corrected chi connectivity index (χ3v) is 4.08. The van der Waals surface area contributed by atoms with Crippen LogP contribution in [-0.2, 0) is 0 Å². The zero-order valence-electron chi connectivity index (χ0n) is 10.5. The van der Waals surface area contributed by atoms with Gasteiger partial charge in [-0.25, -0.2) is 0 Å². The molecule has 1 amide bonds. The molecule has 1 unspecified atom stereocenters. The summed E-state index contributed by atoms with van der Waals surface area (Å²) in [5, 5.41) is 13.2. The smallest absolute Gasteiger partial charge is 0.261 e. The molecule has 1 aromatic carbocycles. The number of hydrogen-bond acceptors (Lipinski definition) is 3. The van der Waals surface area contributed by atoms with Gasteiger partial charge in [-0.2, -0.15) is 0 Å². The van der Waals surface area contributed by atoms with Crippen molar-refractivity contribution in [2.24, 2.45) is 5.92 Å². The molecule has 2 aromatic rings. The van der Waals surface area contributed by atoms with Crippen LogP contribution < -0.4 is 5.32 Å². The molecule has 0 spiro atoms. The first-order valence-corrected chi connectivity index (χ1v) is 6.83. The SMILES string of the molecule is CC(C)C(CO)NC(=O)c1cc2ccccc2s1. The first kappa shape index (κ1) is 13.1. The van der Waals surface area contributed by atoms with Crippen molar-refractivity contribution >= 4 is 27.3 Å². The van der Waals surface area contributed by atoms with Crippen molar-refractivity contribution in [1.82, 2.24) is 5.32 Å². The molecule has 0 saturated heterocycles. The lowest BCUT2D eigenvalue weighted by Gasteiger charge is -2.19. The van der Waals surface area contributed by atoms with Gasteiger partial charge in [0.05, 0.1) is 17.5 Å². The summed E-state index contributed by atoms with van der Waals surface area (Å²) in [6.45, 7) is 3.92. The molecule has 0 radical (unpaired) electrons. The van der Waals surface area contributed by atoms with Crippen LogP contribution >= 0.6 is 11.3 Å². The Morgan fingerprint density at radius 1 is 1.39 bits per heavy atom. The van der Waals surface area contributed by atoms with Crippen molar-refractivity contribution in [2.75, 3.05) is 6.61 Å². The normalized spacial score (nSPS) is 12.9. The van der Waals surface area contributed by atoms with E-state index in [-0.39, 0.29) is 24.5 Å². The van der Waals surface area contributed by atoms with E-state index >= 15 is 0 Å². The summed E-state index contributed by atoms with van der Waals surface area (Å²) in [4.78, 5) is 12.8. The number of aliphatic hydroxyl groups is 1. The summed E-state index contributed by atoms with van der Waals surface area (Å²) < 4.78 is 1.10. The van der Waals surface area contributed by atoms with E-state index in [0.717, 1.165) is 10.1 Å². The molecule has 2 rings (SSSR count). The molecular weight excluding hydrogens is 246 g/mol. The minimum atomic E-state index is -0.192. The lowest BCUT2D eigenvalue weighted by atomic mass is 10.1. The summed E-state index contributed by atoms with van der Waals surface area (Å²) in [5.41, 5.74) is 0. The van der Waals surface area contributed by atoms with Crippen molar-refractivity contribution < 1.29 is 9.90 Å². The van der Waals surface area contributed by atoms with Crippen molar-refractivity contribution in [3.63, 3.8) is 0 Å². The maximum atomic E-state index is 12.1. The molecule has 0 bridgehead atoms. The number of carbonyl (C=O) groups excluding carboxylic acids is 1. The Hall–Kier alpha value is -1.39. The van der Waals surface area contributed by atoms with Crippen LogP contribution in [0.2, 0.25) is 0 Å². The summed E-state index contributed by atoms with van der Waals surface area (Å²) in [7, 11) is 0. The average molecular weight is 263 g/mol. The Morgan fingerprint density at radius 2 is 2.11 bits per heavy atom. The van der Waals surface area contributed by atoms with Crippen molar-refractivity contribution in [2.45, 2.75) is 19.9 Å². The second-order valence-corrected chi connectivity index (χ2v) is 5.74. The molecule has 1 heterocycles. The Bertz CT molecular complexity index is 514. The highest BCUT2D eigenvalue weighted by atomic mass is 32.1. The predicted molar refractivity (Wildman–Crippen MR) is 75.0 cm³/mol. The van der Waals surface area contributed by atoms with Gasteiger partial charge >= 0.3 is 0 Å². The number of fused-ring (bicyclic) bond motifs is 1. The maximum absolute atomic E-state index is 12.1.